The van der Waals surface area contributed by atoms with Gasteiger partial charge in [-0.15, -0.1) is 5.11 Å². The van der Waals surface area contributed by atoms with Crippen molar-refractivity contribution in [1.29, 1.82) is 0 Å². The first kappa shape index (κ1) is 24.0. The van der Waals surface area contributed by atoms with Crippen LogP contribution in [-0.4, -0.2) is 23.2 Å². The van der Waals surface area contributed by atoms with Crippen molar-refractivity contribution < 1.29 is 22.8 Å². The molecule has 2 amide bonds. The van der Waals surface area contributed by atoms with E-state index >= 15 is 0 Å². The molecular formula is C23H22F3N7O2. The highest BCUT2D eigenvalue weighted by molar-refractivity contribution is 6.03. The second kappa shape index (κ2) is 9.22. The van der Waals surface area contributed by atoms with Gasteiger partial charge < -0.3 is 10.6 Å². The highest BCUT2D eigenvalue weighted by atomic mass is 19.4. The number of azo groups is 1. The maximum Gasteiger partial charge on any atom is 0.416 e. The molecule has 182 valence electrons. The van der Waals surface area contributed by atoms with Crippen LogP contribution >= 0.6 is 0 Å². The van der Waals surface area contributed by atoms with Crippen LogP contribution in [0.2, 0.25) is 0 Å². The van der Waals surface area contributed by atoms with E-state index in [-0.39, 0.29) is 29.7 Å². The molecule has 0 radical (unpaired) electrons. The van der Waals surface area contributed by atoms with Crippen molar-refractivity contribution in [3.63, 3.8) is 0 Å². The Balaban J connectivity index is 1.52. The average molecular weight is 485 g/mol. The van der Waals surface area contributed by atoms with Crippen molar-refractivity contribution in [2.45, 2.75) is 25.9 Å². The van der Waals surface area contributed by atoms with Crippen LogP contribution in [-0.2, 0) is 6.18 Å². The number of carbonyl (C=O) groups is 2. The summed E-state index contributed by atoms with van der Waals surface area (Å²) in [4.78, 5) is 25.7. The van der Waals surface area contributed by atoms with Gasteiger partial charge in [-0.25, -0.2) is 10.6 Å². The molecule has 0 bridgehead atoms. The molecule has 9 nitrogen and oxygen atoms in total. The molecule has 2 heterocycles. The SMILES string of the molecule is CC(C)c1cn(C(=O)c2cccc(NC(=O)Nc3ccc(C(F)(F)F)cc3)c2)c2c1N=NCN2N. The van der Waals surface area contributed by atoms with Gasteiger partial charge in [-0.1, -0.05) is 19.9 Å². The van der Waals surface area contributed by atoms with Crippen LogP contribution in [0.15, 0.2) is 65.0 Å². The summed E-state index contributed by atoms with van der Waals surface area (Å²) in [5, 5.41) is 14.5. The summed E-state index contributed by atoms with van der Waals surface area (Å²) in [6.45, 7) is 4.04. The van der Waals surface area contributed by atoms with Crippen LogP contribution in [0.5, 0.6) is 0 Å². The van der Waals surface area contributed by atoms with E-state index < -0.39 is 17.8 Å². The number of urea groups is 1. The van der Waals surface area contributed by atoms with Crippen molar-refractivity contribution in [2.75, 3.05) is 22.3 Å². The number of amides is 2. The number of carbonyl (C=O) groups excluding carboxylic acids is 2. The van der Waals surface area contributed by atoms with E-state index in [4.69, 9.17) is 5.84 Å². The van der Waals surface area contributed by atoms with Crippen LogP contribution in [0.3, 0.4) is 0 Å². The zero-order valence-corrected chi connectivity index (χ0v) is 18.8. The standard InChI is InChI=1S/C23H22F3N7O2/c1-13(2)18-11-32(20-19(18)31-28-12-33(20)27)21(34)14-4-3-5-17(10-14)30-22(35)29-16-8-6-15(7-9-16)23(24,25)26/h3-11,13H,12,27H2,1-2H3,(H2,29,30,35). The lowest BCUT2D eigenvalue weighted by Crippen LogP contribution is -2.35. The van der Waals surface area contributed by atoms with Gasteiger partial charge in [0.15, 0.2) is 5.82 Å². The zero-order valence-electron chi connectivity index (χ0n) is 18.8. The number of fused-ring (bicyclic) bond motifs is 1. The second-order valence-electron chi connectivity index (χ2n) is 8.17. The predicted molar refractivity (Wildman–Crippen MR) is 125 cm³/mol. The molecule has 1 aliphatic rings. The summed E-state index contributed by atoms with van der Waals surface area (Å²) in [6.07, 6.45) is -2.79. The monoisotopic (exact) mass is 485 g/mol. The fourth-order valence-corrected chi connectivity index (χ4v) is 3.60. The Morgan fingerprint density at radius 1 is 1.06 bits per heavy atom. The van der Waals surface area contributed by atoms with Crippen LogP contribution in [0, 0.1) is 0 Å². The first-order valence-corrected chi connectivity index (χ1v) is 10.6. The van der Waals surface area contributed by atoms with Gasteiger partial charge in [0.05, 0.1) is 5.56 Å². The van der Waals surface area contributed by atoms with E-state index in [1.807, 2.05) is 13.8 Å². The molecule has 0 spiro atoms. The normalized spacial score (nSPS) is 13.1. The average Bonchev–Trinajstić information content (AvgIpc) is 3.20. The fraction of sp³-hybridized carbons (Fsp3) is 0.217. The first-order valence-electron chi connectivity index (χ1n) is 10.6. The summed E-state index contributed by atoms with van der Waals surface area (Å²) in [5.41, 5.74) is 1.31. The summed E-state index contributed by atoms with van der Waals surface area (Å²) in [6, 6.07) is 9.63. The quantitative estimate of drug-likeness (QED) is 0.411. The molecule has 1 aliphatic heterocycles. The minimum absolute atomic E-state index is 0.0742. The number of rotatable bonds is 4. The Morgan fingerprint density at radius 3 is 2.40 bits per heavy atom. The van der Waals surface area contributed by atoms with E-state index in [9.17, 15) is 22.8 Å². The van der Waals surface area contributed by atoms with Crippen LogP contribution in [0.25, 0.3) is 0 Å². The molecule has 0 fully saturated rings. The van der Waals surface area contributed by atoms with Gasteiger partial charge in [0.2, 0.25) is 0 Å². The van der Waals surface area contributed by atoms with Gasteiger partial charge in [-0.2, -0.15) is 18.3 Å². The molecule has 3 aromatic rings. The number of alkyl halides is 3. The van der Waals surface area contributed by atoms with Crippen molar-refractivity contribution in [1.82, 2.24) is 4.57 Å². The lowest BCUT2D eigenvalue weighted by Gasteiger charge is -2.21. The summed E-state index contributed by atoms with van der Waals surface area (Å²) in [5.74, 6) is 6.17. The molecule has 4 rings (SSSR count). The molecule has 0 unspecified atom stereocenters. The van der Waals surface area contributed by atoms with Crippen molar-refractivity contribution in [3.8, 4) is 0 Å². The van der Waals surface area contributed by atoms with E-state index in [1.165, 1.54) is 15.6 Å². The molecule has 0 saturated heterocycles. The summed E-state index contributed by atoms with van der Waals surface area (Å²) >= 11 is 0. The highest BCUT2D eigenvalue weighted by Gasteiger charge is 2.30. The Morgan fingerprint density at radius 2 is 1.74 bits per heavy atom. The Bertz CT molecular complexity index is 1300. The Kier molecular flexibility index (Phi) is 6.31. The first-order chi connectivity index (χ1) is 16.5. The minimum Gasteiger partial charge on any atom is -0.308 e. The molecule has 35 heavy (non-hydrogen) atoms. The molecule has 0 saturated carbocycles. The van der Waals surface area contributed by atoms with Gasteiger partial charge >= 0.3 is 12.2 Å². The van der Waals surface area contributed by atoms with Crippen LogP contribution in [0.4, 0.5) is 40.8 Å². The number of aromatic nitrogens is 1. The number of hydrogen-bond donors (Lipinski definition) is 3. The fourth-order valence-electron chi connectivity index (χ4n) is 3.60. The predicted octanol–water partition coefficient (Wildman–Crippen LogP) is 5.70. The van der Waals surface area contributed by atoms with Crippen LogP contribution in [0.1, 0.15) is 41.3 Å². The van der Waals surface area contributed by atoms with E-state index in [2.05, 4.69) is 20.9 Å². The van der Waals surface area contributed by atoms with E-state index in [0.29, 0.717) is 17.2 Å². The number of benzene rings is 2. The third-order valence-corrected chi connectivity index (χ3v) is 5.32. The van der Waals surface area contributed by atoms with Gasteiger partial charge in [-0.05, 0) is 48.4 Å². The number of halogens is 3. The lowest BCUT2D eigenvalue weighted by molar-refractivity contribution is -0.137. The summed E-state index contributed by atoms with van der Waals surface area (Å²) < 4.78 is 39.5. The smallest absolute Gasteiger partial charge is 0.308 e. The number of hydrogen-bond acceptors (Lipinski definition) is 6. The number of nitrogens with two attached hydrogens (primary N) is 1. The molecule has 12 heteroatoms. The number of hydrazine groups is 1. The second-order valence-corrected chi connectivity index (χ2v) is 8.17. The third kappa shape index (κ3) is 5.01. The van der Waals surface area contributed by atoms with Gasteiger partial charge in [-0.3, -0.25) is 14.4 Å². The largest absolute Gasteiger partial charge is 0.416 e. The number of nitrogens with zero attached hydrogens (tertiary/aromatic N) is 4. The number of anilines is 3. The third-order valence-electron chi connectivity index (χ3n) is 5.32. The zero-order chi connectivity index (χ0) is 25.3. The molecule has 0 atom stereocenters. The Labute approximate surface area is 198 Å². The van der Waals surface area contributed by atoms with Crippen molar-refractivity contribution >= 4 is 34.8 Å². The van der Waals surface area contributed by atoms with Crippen molar-refractivity contribution in [2.24, 2.45) is 16.1 Å². The van der Waals surface area contributed by atoms with E-state index in [1.54, 1.807) is 24.4 Å². The Hall–Kier alpha value is -4.19. The maximum atomic E-state index is 13.3. The van der Waals surface area contributed by atoms with Gasteiger partial charge in [0.1, 0.15) is 12.4 Å². The molecular weight excluding hydrogens is 463 g/mol. The molecule has 2 aromatic carbocycles. The van der Waals surface area contributed by atoms with Gasteiger partial charge in [0, 0.05) is 28.7 Å². The topological polar surface area (TPSA) is 117 Å². The van der Waals surface area contributed by atoms with Crippen LogP contribution < -0.4 is 21.5 Å². The van der Waals surface area contributed by atoms with Crippen molar-refractivity contribution in [3.05, 3.63) is 71.4 Å². The minimum atomic E-state index is -4.47. The summed E-state index contributed by atoms with van der Waals surface area (Å²) in [7, 11) is 0. The molecule has 0 aliphatic carbocycles. The highest BCUT2D eigenvalue weighted by Crippen LogP contribution is 2.40. The van der Waals surface area contributed by atoms with E-state index in [0.717, 1.165) is 29.8 Å². The maximum absolute atomic E-state index is 13.3. The molecule has 1 aromatic heterocycles. The number of nitrogens with one attached hydrogen (secondary N) is 2. The molecule has 4 N–H and O–H groups in total. The van der Waals surface area contributed by atoms with Gasteiger partial charge in [0.25, 0.3) is 5.91 Å². The lowest BCUT2D eigenvalue weighted by atomic mass is 10.1.